The Morgan fingerprint density at radius 2 is 2.17 bits per heavy atom. The maximum Gasteiger partial charge on any atom is 0.123 e. The molecule has 126 valence electrons. The number of fused-ring (bicyclic) bond motifs is 1. The van der Waals surface area contributed by atoms with Gasteiger partial charge in [0.15, 0.2) is 0 Å². The lowest BCUT2D eigenvalue weighted by Gasteiger charge is -2.43. The van der Waals surface area contributed by atoms with Gasteiger partial charge in [-0.3, -0.25) is 4.90 Å². The Kier molecular flexibility index (Phi) is 4.71. The molecule has 2 aromatic rings. The van der Waals surface area contributed by atoms with Gasteiger partial charge in [0.25, 0.3) is 0 Å². The van der Waals surface area contributed by atoms with E-state index in [2.05, 4.69) is 35.6 Å². The number of aryl methyl sites for hydroxylation is 1. The molecule has 1 aromatic carbocycles. The SMILES string of the molecule is COCCC1(O)CCN(Cc2nc3ccccc3n2C)CC1C. The van der Waals surface area contributed by atoms with Gasteiger partial charge in [-0.2, -0.15) is 0 Å². The molecular formula is C18H27N3O2. The number of methoxy groups -OCH3 is 1. The molecule has 0 aliphatic carbocycles. The molecule has 1 fully saturated rings. The molecule has 2 unspecified atom stereocenters. The van der Waals surface area contributed by atoms with Crippen LogP contribution < -0.4 is 0 Å². The lowest BCUT2D eigenvalue weighted by Crippen LogP contribution is -2.51. The summed E-state index contributed by atoms with van der Waals surface area (Å²) in [6.45, 7) is 5.37. The van der Waals surface area contributed by atoms with Crippen molar-refractivity contribution in [1.82, 2.24) is 14.5 Å². The summed E-state index contributed by atoms with van der Waals surface area (Å²) in [5.41, 5.74) is 1.62. The number of piperidine rings is 1. The number of aromatic nitrogens is 2. The van der Waals surface area contributed by atoms with Crippen molar-refractivity contribution in [3.8, 4) is 0 Å². The van der Waals surface area contributed by atoms with Crippen LogP contribution in [0.4, 0.5) is 0 Å². The molecule has 0 amide bonds. The van der Waals surface area contributed by atoms with E-state index in [1.165, 1.54) is 5.52 Å². The van der Waals surface area contributed by atoms with Crippen LogP contribution >= 0.6 is 0 Å². The summed E-state index contributed by atoms with van der Waals surface area (Å²) in [4.78, 5) is 7.15. The van der Waals surface area contributed by atoms with Gasteiger partial charge in [-0.05, 0) is 30.9 Å². The minimum atomic E-state index is -0.598. The summed E-state index contributed by atoms with van der Waals surface area (Å²) in [6.07, 6.45) is 1.51. The highest BCUT2D eigenvalue weighted by atomic mass is 16.5. The van der Waals surface area contributed by atoms with Gasteiger partial charge in [0.2, 0.25) is 0 Å². The minimum absolute atomic E-state index is 0.237. The standard InChI is InChI=1S/C18H27N3O2/c1-14-12-21(10-8-18(14,22)9-11-23-3)13-17-19-15-6-4-5-7-16(15)20(17)2/h4-7,14,22H,8-13H2,1-3H3. The Morgan fingerprint density at radius 3 is 2.87 bits per heavy atom. The van der Waals surface area contributed by atoms with Crippen molar-refractivity contribution in [3.05, 3.63) is 30.1 Å². The molecular weight excluding hydrogens is 290 g/mol. The second kappa shape index (κ2) is 6.59. The van der Waals surface area contributed by atoms with Crippen LogP contribution in [0.2, 0.25) is 0 Å². The Labute approximate surface area is 137 Å². The number of hydrogen-bond donors (Lipinski definition) is 1. The van der Waals surface area contributed by atoms with Crippen molar-refractivity contribution >= 4 is 11.0 Å². The summed E-state index contributed by atoms with van der Waals surface area (Å²) >= 11 is 0. The second-order valence-corrected chi connectivity index (χ2v) is 6.81. The predicted molar refractivity (Wildman–Crippen MR) is 91.2 cm³/mol. The Morgan fingerprint density at radius 1 is 1.39 bits per heavy atom. The molecule has 23 heavy (non-hydrogen) atoms. The number of likely N-dealkylation sites (tertiary alicyclic amines) is 1. The zero-order valence-corrected chi connectivity index (χ0v) is 14.3. The minimum Gasteiger partial charge on any atom is -0.389 e. The van der Waals surface area contributed by atoms with Crippen LogP contribution in [-0.2, 0) is 18.3 Å². The number of rotatable bonds is 5. The molecule has 2 atom stereocenters. The molecule has 1 aromatic heterocycles. The first-order valence-corrected chi connectivity index (χ1v) is 8.37. The third-order valence-electron chi connectivity index (χ3n) is 5.29. The molecule has 0 saturated carbocycles. The average Bonchev–Trinajstić information content (AvgIpc) is 2.86. The molecule has 2 heterocycles. The first-order valence-electron chi connectivity index (χ1n) is 8.37. The largest absolute Gasteiger partial charge is 0.389 e. The number of imidazole rings is 1. The fourth-order valence-electron chi connectivity index (χ4n) is 3.58. The molecule has 5 nitrogen and oxygen atoms in total. The zero-order chi connectivity index (χ0) is 16.4. The van der Waals surface area contributed by atoms with Gasteiger partial charge in [-0.1, -0.05) is 19.1 Å². The zero-order valence-electron chi connectivity index (χ0n) is 14.3. The van der Waals surface area contributed by atoms with Crippen LogP contribution in [0.1, 0.15) is 25.6 Å². The third-order valence-corrected chi connectivity index (χ3v) is 5.29. The highest BCUT2D eigenvalue weighted by Crippen LogP contribution is 2.31. The smallest absolute Gasteiger partial charge is 0.123 e. The van der Waals surface area contributed by atoms with Gasteiger partial charge in [0.05, 0.1) is 23.2 Å². The lowest BCUT2D eigenvalue weighted by molar-refractivity contribution is -0.0831. The molecule has 1 aliphatic heterocycles. The molecule has 5 heteroatoms. The predicted octanol–water partition coefficient (Wildman–Crippen LogP) is 2.18. The van der Waals surface area contributed by atoms with E-state index in [4.69, 9.17) is 9.72 Å². The van der Waals surface area contributed by atoms with Gasteiger partial charge < -0.3 is 14.4 Å². The first-order chi connectivity index (χ1) is 11.0. The summed E-state index contributed by atoms with van der Waals surface area (Å²) in [5.74, 6) is 1.32. The second-order valence-electron chi connectivity index (χ2n) is 6.81. The molecule has 0 radical (unpaired) electrons. The topological polar surface area (TPSA) is 50.5 Å². The van der Waals surface area contributed by atoms with Crippen molar-refractivity contribution in [1.29, 1.82) is 0 Å². The van der Waals surface area contributed by atoms with Crippen molar-refractivity contribution < 1.29 is 9.84 Å². The summed E-state index contributed by atoms with van der Waals surface area (Å²) in [7, 11) is 3.77. The Bertz CT molecular complexity index is 669. The fourth-order valence-corrected chi connectivity index (χ4v) is 3.58. The van der Waals surface area contributed by atoms with Crippen molar-refractivity contribution in [2.75, 3.05) is 26.8 Å². The average molecular weight is 317 g/mol. The van der Waals surface area contributed by atoms with Crippen LogP contribution in [0.15, 0.2) is 24.3 Å². The highest BCUT2D eigenvalue weighted by molar-refractivity contribution is 5.75. The maximum atomic E-state index is 10.8. The van der Waals surface area contributed by atoms with Gasteiger partial charge in [0, 0.05) is 33.9 Å². The quantitative estimate of drug-likeness (QED) is 0.918. The van der Waals surface area contributed by atoms with Crippen molar-refractivity contribution in [2.45, 2.75) is 31.9 Å². The number of hydrogen-bond acceptors (Lipinski definition) is 4. The number of benzene rings is 1. The van der Waals surface area contributed by atoms with Gasteiger partial charge in [-0.25, -0.2) is 4.98 Å². The fraction of sp³-hybridized carbons (Fsp3) is 0.611. The van der Waals surface area contributed by atoms with Gasteiger partial charge >= 0.3 is 0 Å². The molecule has 0 spiro atoms. The monoisotopic (exact) mass is 317 g/mol. The normalized spacial score (nSPS) is 26.0. The van der Waals surface area contributed by atoms with Crippen LogP contribution in [0, 0.1) is 5.92 Å². The maximum absolute atomic E-state index is 10.8. The van der Waals surface area contributed by atoms with Crippen LogP contribution in [0.5, 0.6) is 0 Å². The van der Waals surface area contributed by atoms with E-state index in [1.54, 1.807) is 7.11 Å². The van der Waals surface area contributed by atoms with Gasteiger partial charge in [-0.15, -0.1) is 0 Å². The third kappa shape index (κ3) is 3.27. The first kappa shape index (κ1) is 16.4. The number of aliphatic hydroxyl groups is 1. The van der Waals surface area contributed by atoms with E-state index in [-0.39, 0.29) is 5.92 Å². The van der Waals surface area contributed by atoms with Crippen molar-refractivity contribution in [2.24, 2.45) is 13.0 Å². The van der Waals surface area contributed by atoms with E-state index >= 15 is 0 Å². The van der Waals surface area contributed by atoms with Gasteiger partial charge in [0.1, 0.15) is 5.82 Å². The van der Waals surface area contributed by atoms with E-state index in [0.717, 1.165) is 37.4 Å². The summed E-state index contributed by atoms with van der Waals surface area (Å²) in [6, 6.07) is 8.24. The summed E-state index contributed by atoms with van der Waals surface area (Å²) < 4.78 is 7.32. The molecule has 0 bridgehead atoms. The van der Waals surface area contributed by atoms with E-state index in [0.29, 0.717) is 13.0 Å². The summed E-state index contributed by atoms with van der Waals surface area (Å²) in [5, 5.41) is 10.8. The van der Waals surface area contributed by atoms with E-state index < -0.39 is 5.60 Å². The molecule has 1 saturated heterocycles. The molecule has 3 rings (SSSR count). The molecule has 1 aliphatic rings. The Balaban J connectivity index is 1.68. The number of ether oxygens (including phenoxy) is 1. The van der Waals surface area contributed by atoms with Crippen molar-refractivity contribution in [3.63, 3.8) is 0 Å². The molecule has 1 N–H and O–H groups in total. The van der Waals surface area contributed by atoms with Crippen LogP contribution in [0.25, 0.3) is 11.0 Å². The Hall–Kier alpha value is -1.43. The van der Waals surface area contributed by atoms with E-state index in [9.17, 15) is 5.11 Å². The van der Waals surface area contributed by atoms with Crippen LogP contribution in [0.3, 0.4) is 0 Å². The van der Waals surface area contributed by atoms with E-state index in [1.807, 2.05) is 12.1 Å². The highest BCUT2D eigenvalue weighted by Gasteiger charge is 2.38. The lowest BCUT2D eigenvalue weighted by atomic mass is 9.80. The number of nitrogens with zero attached hydrogens (tertiary/aromatic N) is 3. The number of para-hydroxylation sites is 2. The van der Waals surface area contributed by atoms with Crippen LogP contribution in [-0.4, -0.2) is 52.0 Å².